The average Bonchev–Trinajstić information content (AvgIpc) is 2.83. The van der Waals surface area contributed by atoms with Crippen LogP contribution >= 0.6 is 11.3 Å². The zero-order chi connectivity index (χ0) is 11.7. The summed E-state index contributed by atoms with van der Waals surface area (Å²) >= 11 is 1.29. The first-order valence-corrected chi connectivity index (χ1v) is 5.60. The number of carbonyl (C=O) groups is 2. The fourth-order valence-electron chi connectivity index (χ4n) is 1.60. The van der Waals surface area contributed by atoms with Gasteiger partial charge in [0.05, 0.1) is 7.11 Å². The Morgan fingerprint density at radius 1 is 1.56 bits per heavy atom. The Bertz CT molecular complexity index is 472. The summed E-state index contributed by atoms with van der Waals surface area (Å²) < 4.78 is 9.66. The highest BCUT2D eigenvalue weighted by Gasteiger charge is 2.27. The van der Waals surface area contributed by atoms with E-state index in [-0.39, 0.29) is 12.1 Å². The first kappa shape index (κ1) is 10.9. The molecule has 0 saturated carbocycles. The fraction of sp³-hybridized carbons (Fsp3) is 0.273. The van der Waals surface area contributed by atoms with Crippen LogP contribution in [0.3, 0.4) is 0 Å². The van der Waals surface area contributed by atoms with E-state index in [0.29, 0.717) is 4.88 Å². The zero-order valence-electron chi connectivity index (χ0n) is 8.85. The van der Waals surface area contributed by atoms with Gasteiger partial charge >= 0.3 is 11.9 Å². The van der Waals surface area contributed by atoms with E-state index in [4.69, 9.17) is 4.74 Å². The summed E-state index contributed by atoms with van der Waals surface area (Å²) in [6.45, 7) is 1.77. The van der Waals surface area contributed by atoms with E-state index in [9.17, 15) is 9.59 Å². The highest BCUT2D eigenvalue weighted by Crippen LogP contribution is 2.31. The van der Waals surface area contributed by atoms with Crippen LogP contribution in [0, 0.1) is 0 Å². The quantitative estimate of drug-likeness (QED) is 0.738. The molecule has 5 heteroatoms. The van der Waals surface area contributed by atoms with E-state index < -0.39 is 5.97 Å². The molecule has 16 heavy (non-hydrogen) atoms. The molecule has 0 aliphatic carbocycles. The van der Waals surface area contributed by atoms with E-state index in [2.05, 4.69) is 4.74 Å². The molecule has 0 spiro atoms. The molecule has 0 saturated heterocycles. The lowest BCUT2D eigenvalue weighted by Crippen LogP contribution is -2.08. The first-order chi connectivity index (χ1) is 7.63. The van der Waals surface area contributed by atoms with Crippen LogP contribution in [0.4, 0.5) is 0 Å². The number of cyclic esters (lactones) is 1. The smallest absolute Gasteiger partial charge is 0.348 e. The molecule has 0 bridgehead atoms. The number of hydrogen-bond donors (Lipinski definition) is 0. The van der Waals surface area contributed by atoms with Gasteiger partial charge < -0.3 is 9.47 Å². The van der Waals surface area contributed by atoms with Crippen LogP contribution in [0.1, 0.15) is 22.2 Å². The highest BCUT2D eigenvalue weighted by atomic mass is 32.1. The molecule has 1 aromatic heterocycles. The number of methoxy groups -OCH3 is 1. The third-order valence-corrected chi connectivity index (χ3v) is 3.25. The van der Waals surface area contributed by atoms with Gasteiger partial charge in [0.2, 0.25) is 0 Å². The average molecular weight is 238 g/mol. The second-order valence-corrected chi connectivity index (χ2v) is 4.25. The van der Waals surface area contributed by atoms with Crippen LogP contribution in [0.5, 0.6) is 0 Å². The normalized spacial score (nSPS) is 19.2. The van der Waals surface area contributed by atoms with Crippen molar-refractivity contribution in [3.05, 3.63) is 28.0 Å². The summed E-state index contributed by atoms with van der Waals surface area (Å²) in [5.74, 6) is -0.762. The van der Waals surface area contributed by atoms with Gasteiger partial charge in [-0.2, -0.15) is 0 Å². The van der Waals surface area contributed by atoms with Crippen molar-refractivity contribution in [2.75, 3.05) is 7.11 Å². The number of carbonyl (C=O) groups excluding carboxylic acids is 2. The minimum Gasteiger partial charge on any atom is -0.465 e. The van der Waals surface area contributed by atoms with Crippen molar-refractivity contribution in [2.45, 2.75) is 13.0 Å². The number of thiophene rings is 1. The van der Waals surface area contributed by atoms with Crippen molar-refractivity contribution in [1.82, 2.24) is 0 Å². The van der Waals surface area contributed by atoms with Crippen LogP contribution in [0.25, 0.3) is 5.57 Å². The van der Waals surface area contributed by atoms with Gasteiger partial charge in [0.25, 0.3) is 0 Å². The van der Waals surface area contributed by atoms with Gasteiger partial charge in [0, 0.05) is 17.2 Å². The van der Waals surface area contributed by atoms with Crippen LogP contribution in [-0.4, -0.2) is 25.2 Å². The molecule has 84 valence electrons. The second kappa shape index (κ2) is 4.09. The molecule has 0 N–H and O–H groups in total. The number of rotatable bonds is 2. The molecule has 0 aromatic carbocycles. The maximum absolute atomic E-state index is 11.5. The molecule has 0 radical (unpaired) electrons. The van der Waals surface area contributed by atoms with Crippen LogP contribution in [0.2, 0.25) is 0 Å². The SMILES string of the molecule is COC(=O)c1sccc1C1=CC(=O)OC1C. The van der Waals surface area contributed by atoms with Gasteiger partial charge in [0.1, 0.15) is 11.0 Å². The Kier molecular flexibility index (Phi) is 2.78. The van der Waals surface area contributed by atoms with E-state index in [1.807, 2.05) is 0 Å². The standard InChI is InChI=1S/C11H10O4S/c1-6-8(5-9(12)15-6)7-3-4-16-10(7)11(13)14-2/h3-6H,1-2H3. The summed E-state index contributed by atoms with van der Waals surface area (Å²) in [6, 6.07) is 1.79. The highest BCUT2D eigenvalue weighted by molar-refractivity contribution is 7.12. The van der Waals surface area contributed by atoms with Gasteiger partial charge in [-0.1, -0.05) is 0 Å². The van der Waals surface area contributed by atoms with E-state index in [1.165, 1.54) is 24.5 Å². The van der Waals surface area contributed by atoms with Crippen molar-refractivity contribution < 1.29 is 19.1 Å². The predicted octanol–water partition coefficient (Wildman–Crippen LogP) is 1.86. The molecule has 2 heterocycles. The largest absolute Gasteiger partial charge is 0.465 e. The van der Waals surface area contributed by atoms with Crippen molar-refractivity contribution in [1.29, 1.82) is 0 Å². The summed E-state index contributed by atoms with van der Waals surface area (Å²) in [6.07, 6.45) is 1.10. The third-order valence-electron chi connectivity index (χ3n) is 2.35. The number of esters is 2. The molecule has 2 rings (SSSR count). The van der Waals surface area contributed by atoms with Crippen LogP contribution in [-0.2, 0) is 14.3 Å². The van der Waals surface area contributed by atoms with Crippen molar-refractivity contribution in [2.24, 2.45) is 0 Å². The lowest BCUT2D eigenvalue weighted by Gasteiger charge is -2.08. The second-order valence-electron chi connectivity index (χ2n) is 3.33. The molecule has 0 amide bonds. The van der Waals surface area contributed by atoms with Crippen LogP contribution in [0.15, 0.2) is 17.5 Å². The molecule has 1 unspecified atom stereocenters. The third kappa shape index (κ3) is 1.74. The van der Waals surface area contributed by atoms with E-state index in [0.717, 1.165) is 11.1 Å². The van der Waals surface area contributed by atoms with Gasteiger partial charge in [-0.15, -0.1) is 11.3 Å². The Morgan fingerprint density at radius 2 is 2.31 bits per heavy atom. The molecular formula is C11H10O4S. The molecule has 1 atom stereocenters. The summed E-state index contributed by atoms with van der Waals surface area (Å²) in [5, 5.41) is 1.79. The van der Waals surface area contributed by atoms with Crippen LogP contribution < -0.4 is 0 Å². The summed E-state index contributed by atoms with van der Waals surface area (Å²) in [4.78, 5) is 23.1. The van der Waals surface area contributed by atoms with E-state index in [1.54, 1.807) is 18.4 Å². The minimum atomic E-state index is -0.391. The predicted molar refractivity (Wildman–Crippen MR) is 59.2 cm³/mol. The van der Waals surface area contributed by atoms with Gasteiger partial charge in [-0.25, -0.2) is 9.59 Å². The Balaban J connectivity index is 2.42. The molecular weight excluding hydrogens is 228 g/mol. The zero-order valence-corrected chi connectivity index (χ0v) is 9.67. The maximum atomic E-state index is 11.5. The van der Waals surface area contributed by atoms with Gasteiger partial charge in [0.15, 0.2) is 0 Å². The molecule has 1 aliphatic rings. The monoisotopic (exact) mass is 238 g/mol. The Hall–Kier alpha value is -1.62. The summed E-state index contributed by atoms with van der Waals surface area (Å²) in [5.41, 5.74) is 1.45. The maximum Gasteiger partial charge on any atom is 0.348 e. The Morgan fingerprint density at radius 3 is 2.88 bits per heavy atom. The van der Waals surface area contributed by atoms with Crippen molar-refractivity contribution in [3.63, 3.8) is 0 Å². The fourth-order valence-corrected chi connectivity index (χ4v) is 2.43. The molecule has 4 nitrogen and oxygen atoms in total. The first-order valence-electron chi connectivity index (χ1n) is 4.72. The molecule has 1 aliphatic heterocycles. The Labute approximate surface area is 96.5 Å². The lowest BCUT2D eigenvalue weighted by molar-refractivity contribution is -0.137. The molecule has 0 fully saturated rings. The van der Waals surface area contributed by atoms with Crippen molar-refractivity contribution >= 4 is 28.8 Å². The number of hydrogen-bond acceptors (Lipinski definition) is 5. The van der Waals surface area contributed by atoms with Gasteiger partial charge in [-0.05, 0) is 18.4 Å². The number of ether oxygens (including phenoxy) is 2. The lowest BCUT2D eigenvalue weighted by atomic mass is 10.0. The topological polar surface area (TPSA) is 52.6 Å². The van der Waals surface area contributed by atoms with Gasteiger partial charge in [-0.3, -0.25) is 0 Å². The minimum absolute atomic E-state index is 0.314. The summed E-state index contributed by atoms with van der Waals surface area (Å²) in [7, 11) is 1.33. The van der Waals surface area contributed by atoms with Crippen molar-refractivity contribution in [3.8, 4) is 0 Å². The van der Waals surface area contributed by atoms with E-state index >= 15 is 0 Å². The molecule has 1 aromatic rings.